The van der Waals surface area contributed by atoms with E-state index in [4.69, 9.17) is 0 Å². The Kier molecular flexibility index (Phi) is 3.08. The van der Waals surface area contributed by atoms with Crippen molar-refractivity contribution in [2.45, 2.75) is 30.8 Å². The standard InChI is InChI=1S/C19H21N3O4/c23-9-12(6-10-4-2-1-3-5-10)20-15(24)18-8-11-7-13(18)14(18)19(11)16(25)21-17(26)22-19/h1-5,11-14,23H,6-9H2,(H,20,24)(H2,21,22,25,26)/t11-,12-,13-,14+,18-,19+/m1/s1. The number of hydrogen-bond donors (Lipinski definition) is 4. The van der Waals surface area contributed by atoms with Crippen LogP contribution in [0.25, 0.3) is 0 Å². The van der Waals surface area contributed by atoms with E-state index in [1.165, 1.54) is 0 Å². The van der Waals surface area contributed by atoms with Gasteiger partial charge in [0.1, 0.15) is 5.54 Å². The molecule has 5 fully saturated rings. The first-order chi connectivity index (χ1) is 12.5. The molecule has 4 saturated carbocycles. The molecule has 1 aromatic carbocycles. The Bertz CT molecular complexity index is 812. The van der Waals surface area contributed by atoms with E-state index in [-0.39, 0.29) is 42.2 Å². The van der Waals surface area contributed by atoms with Crippen LogP contribution in [-0.2, 0) is 16.0 Å². The van der Waals surface area contributed by atoms with Crippen LogP contribution in [0.15, 0.2) is 30.3 Å². The number of hydrogen-bond acceptors (Lipinski definition) is 4. The minimum atomic E-state index is -0.896. The molecule has 1 saturated heterocycles. The second-order valence-corrected chi connectivity index (χ2v) is 8.08. The van der Waals surface area contributed by atoms with Crippen LogP contribution in [0.4, 0.5) is 4.79 Å². The van der Waals surface area contributed by atoms with Gasteiger partial charge in [0.05, 0.1) is 18.1 Å². The van der Waals surface area contributed by atoms with Gasteiger partial charge in [0.2, 0.25) is 5.91 Å². The number of aliphatic hydroxyl groups is 1. The highest BCUT2D eigenvalue weighted by Crippen LogP contribution is 2.82. The van der Waals surface area contributed by atoms with Gasteiger partial charge in [0.25, 0.3) is 5.91 Å². The van der Waals surface area contributed by atoms with Crippen molar-refractivity contribution in [2.24, 2.45) is 23.2 Å². The summed E-state index contributed by atoms with van der Waals surface area (Å²) in [5, 5.41) is 17.9. The minimum absolute atomic E-state index is 0.0244. The first-order valence-corrected chi connectivity index (χ1v) is 9.11. The molecule has 4 bridgehead atoms. The maximum atomic E-state index is 13.1. The van der Waals surface area contributed by atoms with Crippen LogP contribution in [0.2, 0.25) is 0 Å². The third kappa shape index (κ3) is 1.79. The van der Waals surface area contributed by atoms with Crippen LogP contribution in [0.5, 0.6) is 0 Å². The van der Waals surface area contributed by atoms with Crippen molar-refractivity contribution in [3.05, 3.63) is 35.9 Å². The minimum Gasteiger partial charge on any atom is -0.394 e. The smallest absolute Gasteiger partial charge is 0.322 e. The number of rotatable bonds is 5. The molecule has 6 rings (SSSR count). The van der Waals surface area contributed by atoms with E-state index in [0.29, 0.717) is 12.8 Å². The average Bonchev–Trinajstić information content (AvgIpc) is 2.98. The predicted molar refractivity (Wildman–Crippen MR) is 90.7 cm³/mol. The van der Waals surface area contributed by atoms with E-state index in [1.54, 1.807) is 0 Å². The van der Waals surface area contributed by atoms with Crippen LogP contribution in [-0.4, -0.2) is 41.1 Å². The van der Waals surface area contributed by atoms with Crippen LogP contribution < -0.4 is 16.0 Å². The zero-order valence-corrected chi connectivity index (χ0v) is 14.2. The quantitative estimate of drug-likeness (QED) is 0.555. The van der Waals surface area contributed by atoms with Crippen molar-refractivity contribution in [2.75, 3.05) is 6.61 Å². The van der Waals surface area contributed by atoms with Gasteiger partial charge in [-0.05, 0) is 36.7 Å². The third-order valence-corrected chi connectivity index (χ3v) is 6.99. The van der Waals surface area contributed by atoms with Crippen molar-refractivity contribution in [1.29, 1.82) is 0 Å². The van der Waals surface area contributed by atoms with Gasteiger partial charge in [-0.2, -0.15) is 0 Å². The zero-order chi connectivity index (χ0) is 18.1. The van der Waals surface area contributed by atoms with E-state index >= 15 is 0 Å². The molecule has 4 N–H and O–H groups in total. The lowest BCUT2D eigenvalue weighted by atomic mass is 9.88. The summed E-state index contributed by atoms with van der Waals surface area (Å²) in [5.41, 5.74) is -0.414. The van der Waals surface area contributed by atoms with Gasteiger partial charge >= 0.3 is 6.03 Å². The molecule has 6 atom stereocenters. The van der Waals surface area contributed by atoms with Gasteiger partial charge in [-0.3, -0.25) is 14.9 Å². The maximum Gasteiger partial charge on any atom is 0.322 e. The topological polar surface area (TPSA) is 108 Å². The van der Waals surface area contributed by atoms with Crippen molar-refractivity contribution >= 4 is 17.8 Å². The molecule has 0 aromatic heterocycles. The van der Waals surface area contributed by atoms with E-state index in [9.17, 15) is 19.5 Å². The van der Waals surface area contributed by atoms with Crippen LogP contribution in [0, 0.1) is 23.2 Å². The molecular formula is C19H21N3O4. The summed E-state index contributed by atoms with van der Waals surface area (Å²) in [6.45, 7) is -0.141. The molecule has 4 aliphatic carbocycles. The lowest BCUT2D eigenvalue weighted by molar-refractivity contribution is -0.128. The molecule has 5 aliphatic rings. The van der Waals surface area contributed by atoms with Crippen LogP contribution in [0.1, 0.15) is 18.4 Å². The SMILES string of the molecule is O=C1NC(=O)[C@]2(N1)[C@@H]1C[C@@H]3[C@H]2[C@@]3(C(=O)N[C@@H](CO)Cc2ccccc2)C1. The number of urea groups is 1. The fourth-order valence-electron chi connectivity index (χ4n) is 6.04. The predicted octanol–water partition coefficient (Wildman–Crippen LogP) is -0.0596. The molecule has 1 spiro atoms. The summed E-state index contributed by atoms with van der Waals surface area (Å²) >= 11 is 0. The first-order valence-electron chi connectivity index (χ1n) is 9.11. The molecule has 0 unspecified atom stereocenters. The van der Waals surface area contributed by atoms with Gasteiger partial charge in [-0.1, -0.05) is 30.3 Å². The van der Waals surface area contributed by atoms with Crippen molar-refractivity contribution in [1.82, 2.24) is 16.0 Å². The number of aliphatic hydroxyl groups excluding tert-OH is 1. The fraction of sp³-hybridized carbons (Fsp3) is 0.526. The van der Waals surface area contributed by atoms with E-state index < -0.39 is 17.0 Å². The molecule has 136 valence electrons. The number of carbonyl (C=O) groups is 3. The summed E-state index contributed by atoms with van der Waals surface area (Å²) in [6.07, 6.45) is 1.99. The molecule has 0 radical (unpaired) electrons. The summed E-state index contributed by atoms with van der Waals surface area (Å²) in [5.74, 6) is -0.322. The highest BCUT2D eigenvalue weighted by atomic mass is 16.3. The molecular weight excluding hydrogens is 334 g/mol. The normalized spacial score (nSPS) is 39.7. The lowest BCUT2D eigenvalue weighted by Crippen LogP contribution is -2.51. The number of benzene rings is 1. The molecule has 26 heavy (non-hydrogen) atoms. The largest absolute Gasteiger partial charge is 0.394 e. The second kappa shape index (κ2) is 5.07. The van der Waals surface area contributed by atoms with Crippen molar-refractivity contribution in [3.8, 4) is 0 Å². The fourth-order valence-corrected chi connectivity index (χ4v) is 6.04. The lowest BCUT2D eigenvalue weighted by Gasteiger charge is -2.24. The van der Waals surface area contributed by atoms with Crippen molar-refractivity contribution in [3.63, 3.8) is 0 Å². The van der Waals surface area contributed by atoms with Gasteiger partial charge in [0, 0.05) is 5.92 Å². The number of amides is 4. The van der Waals surface area contributed by atoms with E-state index in [1.807, 2.05) is 30.3 Å². The number of imide groups is 1. The Hall–Kier alpha value is -2.41. The Morgan fingerprint density at radius 3 is 2.69 bits per heavy atom. The highest BCUT2D eigenvalue weighted by molar-refractivity contribution is 6.10. The third-order valence-electron chi connectivity index (χ3n) is 6.99. The summed E-state index contributed by atoms with van der Waals surface area (Å²) in [7, 11) is 0. The average molecular weight is 355 g/mol. The molecule has 1 aromatic rings. The first kappa shape index (κ1) is 15.8. The molecule has 7 heteroatoms. The highest BCUT2D eigenvalue weighted by Gasteiger charge is 2.90. The molecule has 1 aliphatic heterocycles. The Morgan fingerprint density at radius 2 is 2.08 bits per heavy atom. The number of nitrogens with one attached hydrogen (secondary N) is 3. The molecule has 7 nitrogen and oxygen atoms in total. The Morgan fingerprint density at radius 1 is 1.31 bits per heavy atom. The monoisotopic (exact) mass is 355 g/mol. The summed E-state index contributed by atoms with van der Waals surface area (Å²) in [4.78, 5) is 37.1. The van der Waals surface area contributed by atoms with Gasteiger partial charge in [-0.15, -0.1) is 0 Å². The Balaban J connectivity index is 1.33. The van der Waals surface area contributed by atoms with E-state index in [0.717, 1.165) is 12.0 Å². The van der Waals surface area contributed by atoms with Gasteiger partial charge in [0.15, 0.2) is 0 Å². The zero-order valence-electron chi connectivity index (χ0n) is 14.2. The molecule has 4 amide bonds. The van der Waals surface area contributed by atoms with Crippen LogP contribution in [0.3, 0.4) is 0 Å². The van der Waals surface area contributed by atoms with E-state index in [2.05, 4.69) is 16.0 Å². The summed E-state index contributed by atoms with van der Waals surface area (Å²) < 4.78 is 0. The van der Waals surface area contributed by atoms with Crippen molar-refractivity contribution < 1.29 is 19.5 Å². The summed E-state index contributed by atoms with van der Waals surface area (Å²) in [6, 6.07) is 8.90. The molecule has 1 heterocycles. The van der Waals surface area contributed by atoms with Crippen LogP contribution >= 0.6 is 0 Å². The van der Waals surface area contributed by atoms with Gasteiger partial charge < -0.3 is 15.7 Å². The number of carbonyl (C=O) groups excluding carboxylic acids is 3. The Labute approximate surface area is 150 Å². The second-order valence-electron chi connectivity index (χ2n) is 8.08. The van der Waals surface area contributed by atoms with Gasteiger partial charge in [-0.25, -0.2) is 4.79 Å². The maximum absolute atomic E-state index is 13.1.